The van der Waals surface area contributed by atoms with Crippen molar-refractivity contribution in [3.05, 3.63) is 17.3 Å². The Morgan fingerprint density at radius 1 is 1.53 bits per heavy atom. The Kier molecular flexibility index (Phi) is 4.32. The number of nitrogens with zero attached hydrogens (tertiary/aromatic N) is 4. The minimum absolute atomic E-state index is 0.0255. The van der Waals surface area contributed by atoms with Crippen molar-refractivity contribution in [1.82, 2.24) is 10.2 Å². The van der Waals surface area contributed by atoms with Gasteiger partial charge in [0.1, 0.15) is 0 Å². The average Bonchev–Trinajstić information content (AvgIpc) is 2.27. The third kappa shape index (κ3) is 3.37. The van der Waals surface area contributed by atoms with Crippen LogP contribution in [-0.2, 0) is 0 Å². The summed E-state index contributed by atoms with van der Waals surface area (Å²) in [5.41, 5.74) is 0. The van der Waals surface area contributed by atoms with Crippen LogP contribution in [0.2, 0.25) is 5.15 Å². The first kappa shape index (κ1) is 11.7. The molecule has 0 saturated heterocycles. The molecule has 0 bridgehead atoms. The van der Waals surface area contributed by atoms with Gasteiger partial charge in [0, 0.05) is 13.1 Å². The number of rotatable bonds is 4. The van der Waals surface area contributed by atoms with Gasteiger partial charge in [-0.15, -0.1) is 10.2 Å². The van der Waals surface area contributed by atoms with Crippen molar-refractivity contribution < 1.29 is 0 Å². The number of nitriles is 1. The Balaban J connectivity index is 2.75. The SMILES string of the molecule is CCN(CC(C)C#N)c1ccc(Cl)nn1. The molecule has 0 saturated carbocycles. The van der Waals surface area contributed by atoms with Crippen LogP contribution in [-0.4, -0.2) is 23.3 Å². The zero-order valence-electron chi connectivity index (χ0n) is 8.81. The summed E-state index contributed by atoms with van der Waals surface area (Å²) in [5, 5.41) is 16.9. The Hall–Kier alpha value is -1.34. The van der Waals surface area contributed by atoms with E-state index in [1.165, 1.54) is 0 Å². The van der Waals surface area contributed by atoms with Gasteiger partial charge in [-0.05, 0) is 26.0 Å². The zero-order valence-corrected chi connectivity index (χ0v) is 9.57. The molecule has 0 amide bonds. The molecule has 0 aromatic carbocycles. The van der Waals surface area contributed by atoms with Crippen molar-refractivity contribution in [3.8, 4) is 6.07 Å². The Labute approximate surface area is 94.5 Å². The summed E-state index contributed by atoms with van der Waals surface area (Å²) >= 11 is 5.65. The lowest BCUT2D eigenvalue weighted by molar-refractivity contribution is 0.675. The van der Waals surface area contributed by atoms with E-state index in [0.717, 1.165) is 12.4 Å². The molecule has 15 heavy (non-hydrogen) atoms. The lowest BCUT2D eigenvalue weighted by Gasteiger charge is -2.22. The first-order chi connectivity index (χ1) is 7.17. The van der Waals surface area contributed by atoms with Gasteiger partial charge in [-0.25, -0.2) is 0 Å². The summed E-state index contributed by atoms with van der Waals surface area (Å²) in [5.74, 6) is 0.728. The molecule has 1 rings (SSSR count). The van der Waals surface area contributed by atoms with Crippen molar-refractivity contribution in [2.75, 3.05) is 18.0 Å². The van der Waals surface area contributed by atoms with E-state index in [-0.39, 0.29) is 5.92 Å². The van der Waals surface area contributed by atoms with Crippen LogP contribution < -0.4 is 4.90 Å². The van der Waals surface area contributed by atoms with Crippen LogP contribution in [0.5, 0.6) is 0 Å². The molecular weight excluding hydrogens is 212 g/mol. The molecular formula is C10H13ClN4. The second-order valence-corrected chi connectivity index (χ2v) is 3.67. The molecule has 0 aliphatic heterocycles. The molecule has 1 aromatic heterocycles. The molecule has 0 aliphatic rings. The summed E-state index contributed by atoms with van der Waals surface area (Å²) < 4.78 is 0. The number of halogens is 1. The van der Waals surface area contributed by atoms with E-state index < -0.39 is 0 Å². The van der Waals surface area contributed by atoms with Gasteiger partial charge in [0.05, 0.1) is 12.0 Å². The maximum atomic E-state index is 8.74. The highest BCUT2D eigenvalue weighted by Gasteiger charge is 2.10. The van der Waals surface area contributed by atoms with Crippen LogP contribution in [0.15, 0.2) is 12.1 Å². The van der Waals surface area contributed by atoms with Gasteiger partial charge in [0.25, 0.3) is 0 Å². The highest BCUT2D eigenvalue weighted by Crippen LogP contribution is 2.13. The van der Waals surface area contributed by atoms with Crippen molar-refractivity contribution in [2.24, 2.45) is 5.92 Å². The first-order valence-electron chi connectivity index (χ1n) is 4.81. The fourth-order valence-corrected chi connectivity index (χ4v) is 1.33. The number of aromatic nitrogens is 2. The lowest BCUT2D eigenvalue weighted by atomic mass is 10.2. The fourth-order valence-electron chi connectivity index (χ4n) is 1.23. The maximum absolute atomic E-state index is 8.74. The highest BCUT2D eigenvalue weighted by atomic mass is 35.5. The van der Waals surface area contributed by atoms with Crippen molar-refractivity contribution in [3.63, 3.8) is 0 Å². The third-order valence-corrected chi connectivity index (χ3v) is 2.24. The standard InChI is InChI=1S/C10H13ClN4/c1-3-15(7-8(2)6-12)10-5-4-9(11)13-14-10/h4-5,8H,3,7H2,1-2H3. The molecule has 0 N–H and O–H groups in total. The minimum atomic E-state index is -0.0255. The smallest absolute Gasteiger partial charge is 0.151 e. The summed E-state index contributed by atoms with van der Waals surface area (Å²) in [6.07, 6.45) is 0. The summed E-state index contributed by atoms with van der Waals surface area (Å²) in [4.78, 5) is 2.00. The van der Waals surface area contributed by atoms with Crippen molar-refractivity contribution in [2.45, 2.75) is 13.8 Å². The molecule has 80 valence electrons. The van der Waals surface area contributed by atoms with Gasteiger partial charge in [-0.1, -0.05) is 11.6 Å². The monoisotopic (exact) mass is 224 g/mol. The molecule has 0 aliphatic carbocycles. The number of anilines is 1. The van der Waals surface area contributed by atoms with Crippen LogP contribution in [0, 0.1) is 17.2 Å². The largest absolute Gasteiger partial charge is 0.354 e. The van der Waals surface area contributed by atoms with Crippen LogP contribution in [0.25, 0.3) is 0 Å². The normalized spacial score (nSPS) is 11.9. The Bertz CT molecular complexity index is 343. The molecule has 0 radical (unpaired) electrons. The Morgan fingerprint density at radius 2 is 2.27 bits per heavy atom. The third-order valence-electron chi connectivity index (χ3n) is 2.04. The molecule has 1 heterocycles. The lowest BCUT2D eigenvalue weighted by Crippen LogP contribution is -2.28. The molecule has 0 fully saturated rings. The summed E-state index contributed by atoms with van der Waals surface area (Å²) in [7, 11) is 0. The number of hydrogen-bond acceptors (Lipinski definition) is 4. The summed E-state index contributed by atoms with van der Waals surface area (Å²) in [6, 6.07) is 5.70. The van der Waals surface area contributed by atoms with E-state index in [9.17, 15) is 0 Å². The molecule has 1 atom stereocenters. The van der Waals surface area contributed by atoms with Gasteiger partial charge in [-0.2, -0.15) is 5.26 Å². The van der Waals surface area contributed by atoms with Gasteiger partial charge in [-0.3, -0.25) is 0 Å². The molecule has 4 nitrogen and oxygen atoms in total. The predicted molar refractivity (Wildman–Crippen MR) is 59.7 cm³/mol. The Morgan fingerprint density at radius 3 is 2.73 bits per heavy atom. The van der Waals surface area contributed by atoms with E-state index >= 15 is 0 Å². The molecule has 1 aromatic rings. The first-order valence-corrected chi connectivity index (χ1v) is 5.19. The van der Waals surface area contributed by atoms with Gasteiger partial charge >= 0.3 is 0 Å². The van der Waals surface area contributed by atoms with Crippen molar-refractivity contribution in [1.29, 1.82) is 5.26 Å². The zero-order chi connectivity index (χ0) is 11.3. The van der Waals surface area contributed by atoms with Crippen LogP contribution in [0.4, 0.5) is 5.82 Å². The predicted octanol–water partition coefficient (Wildman–Crippen LogP) is 2.12. The van der Waals surface area contributed by atoms with E-state index in [0.29, 0.717) is 11.7 Å². The number of hydrogen-bond donors (Lipinski definition) is 0. The van der Waals surface area contributed by atoms with Gasteiger partial charge < -0.3 is 4.90 Å². The van der Waals surface area contributed by atoms with Crippen LogP contribution in [0.3, 0.4) is 0 Å². The second-order valence-electron chi connectivity index (χ2n) is 3.28. The summed E-state index contributed by atoms with van der Waals surface area (Å²) in [6.45, 7) is 5.35. The van der Waals surface area contributed by atoms with Gasteiger partial charge in [0.15, 0.2) is 11.0 Å². The second kappa shape index (κ2) is 5.52. The van der Waals surface area contributed by atoms with Crippen LogP contribution in [0.1, 0.15) is 13.8 Å². The molecule has 1 unspecified atom stereocenters. The van der Waals surface area contributed by atoms with Crippen LogP contribution >= 0.6 is 11.6 Å². The highest BCUT2D eigenvalue weighted by molar-refractivity contribution is 6.29. The fraction of sp³-hybridized carbons (Fsp3) is 0.500. The maximum Gasteiger partial charge on any atom is 0.151 e. The van der Waals surface area contributed by atoms with E-state index in [1.807, 2.05) is 24.8 Å². The quantitative estimate of drug-likeness (QED) is 0.786. The van der Waals surface area contributed by atoms with Gasteiger partial charge in [0.2, 0.25) is 0 Å². The van der Waals surface area contributed by atoms with Crippen molar-refractivity contribution >= 4 is 17.4 Å². The van der Waals surface area contributed by atoms with E-state index in [2.05, 4.69) is 16.3 Å². The van der Waals surface area contributed by atoms with E-state index in [1.54, 1.807) is 6.07 Å². The molecule has 0 spiro atoms. The minimum Gasteiger partial charge on any atom is -0.354 e. The molecule has 5 heteroatoms. The van der Waals surface area contributed by atoms with E-state index in [4.69, 9.17) is 16.9 Å². The average molecular weight is 225 g/mol. The topological polar surface area (TPSA) is 52.8 Å².